The van der Waals surface area contributed by atoms with E-state index in [1.165, 1.54) is 36.4 Å². The van der Waals surface area contributed by atoms with Gasteiger partial charge in [0.2, 0.25) is 15.9 Å². The van der Waals surface area contributed by atoms with Gasteiger partial charge in [0.25, 0.3) is 0 Å². The number of nitriles is 1. The molecule has 9 heteroatoms. The van der Waals surface area contributed by atoms with Gasteiger partial charge in [-0.2, -0.15) is 5.26 Å². The van der Waals surface area contributed by atoms with Crippen LogP contribution in [0.25, 0.3) is 0 Å². The maximum Gasteiger partial charge on any atom is 0.245 e. The first-order valence-corrected chi connectivity index (χ1v) is 9.54. The zero-order valence-electron chi connectivity index (χ0n) is 13.0. The number of carbonyl (C=O) groups is 1. The number of rotatable bonds is 5. The average molecular weight is 398 g/mol. The summed E-state index contributed by atoms with van der Waals surface area (Å²) in [5.41, 5.74) is 1.07. The summed E-state index contributed by atoms with van der Waals surface area (Å²) < 4.78 is 25.0. The highest BCUT2D eigenvalue weighted by Gasteiger charge is 2.21. The zero-order chi connectivity index (χ0) is 18.6. The number of sulfonamides is 1. The van der Waals surface area contributed by atoms with Crippen molar-refractivity contribution in [2.75, 3.05) is 22.4 Å². The molecule has 0 aliphatic rings. The van der Waals surface area contributed by atoms with Gasteiger partial charge in [-0.15, -0.1) is 0 Å². The summed E-state index contributed by atoms with van der Waals surface area (Å²) in [6, 6.07) is 12.4. The van der Waals surface area contributed by atoms with Crippen LogP contribution in [0.2, 0.25) is 10.0 Å². The molecule has 2 aromatic carbocycles. The Labute approximate surface area is 155 Å². The van der Waals surface area contributed by atoms with Crippen molar-refractivity contribution < 1.29 is 13.2 Å². The van der Waals surface area contributed by atoms with E-state index in [1.807, 2.05) is 6.07 Å². The smallest absolute Gasteiger partial charge is 0.245 e. The summed E-state index contributed by atoms with van der Waals surface area (Å²) in [5, 5.41) is 12.0. The number of hydrogen-bond donors (Lipinski definition) is 1. The van der Waals surface area contributed by atoms with Gasteiger partial charge in [-0.3, -0.25) is 9.10 Å². The first kappa shape index (κ1) is 19.1. The quantitative estimate of drug-likeness (QED) is 0.837. The van der Waals surface area contributed by atoms with Gasteiger partial charge in [0.05, 0.1) is 33.6 Å². The van der Waals surface area contributed by atoms with Crippen molar-refractivity contribution in [1.29, 1.82) is 5.26 Å². The second-order valence-electron chi connectivity index (χ2n) is 5.11. The van der Waals surface area contributed by atoms with E-state index in [9.17, 15) is 13.2 Å². The highest BCUT2D eigenvalue weighted by Crippen LogP contribution is 2.25. The van der Waals surface area contributed by atoms with Gasteiger partial charge >= 0.3 is 0 Å². The van der Waals surface area contributed by atoms with Crippen LogP contribution < -0.4 is 9.62 Å². The molecule has 0 saturated heterocycles. The normalized spacial score (nSPS) is 10.8. The number of carbonyl (C=O) groups excluding carboxylic acids is 1. The molecule has 1 N–H and O–H groups in total. The summed E-state index contributed by atoms with van der Waals surface area (Å²) in [4.78, 5) is 12.2. The van der Waals surface area contributed by atoms with E-state index < -0.39 is 22.5 Å². The summed E-state index contributed by atoms with van der Waals surface area (Å²) in [6.45, 7) is -0.426. The minimum Gasteiger partial charge on any atom is -0.324 e. The Morgan fingerprint density at radius 2 is 1.80 bits per heavy atom. The van der Waals surface area contributed by atoms with Crippen molar-refractivity contribution in [3.05, 3.63) is 58.1 Å². The largest absolute Gasteiger partial charge is 0.324 e. The van der Waals surface area contributed by atoms with Gasteiger partial charge in [-0.1, -0.05) is 23.2 Å². The number of hydrogen-bond acceptors (Lipinski definition) is 4. The van der Waals surface area contributed by atoms with E-state index in [1.54, 1.807) is 6.07 Å². The van der Waals surface area contributed by atoms with E-state index in [2.05, 4.69) is 5.32 Å². The molecule has 0 aliphatic heterocycles. The molecule has 0 radical (unpaired) electrons. The molecule has 6 nitrogen and oxygen atoms in total. The van der Waals surface area contributed by atoms with Gasteiger partial charge < -0.3 is 5.32 Å². The second kappa shape index (κ2) is 7.74. The Bertz CT molecular complexity index is 938. The topological polar surface area (TPSA) is 90.3 Å². The minimum atomic E-state index is -3.70. The summed E-state index contributed by atoms with van der Waals surface area (Å²) >= 11 is 11.7. The lowest BCUT2D eigenvalue weighted by Crippen LogP contribution is -2.37. The molecule has 2 rings (SSSR count). The molecule has 0 bridgehead atoms. The van der Waals surface area contributed by atoms with Crippen LogP contribution in [-0.4, -0.2) is 27.1 Å². The number of halogens is 2. The fourth-order valence-electron chi connectivity index (χ4n) is 2.01. The molecule has 25 heavy (non-hydrogen) atoms. The zero-order valence-corrected chi connectivity index (χ0v) is 15.4. The highest BCUT2D eigenvalue weighted by atomic mass is 35.5. The molecule has 0 atom stereocenters. The third kappa shape index (κ3) is 5.10. The lowest BCUT2D eigenvalue weighted by Gasteiger charge is -2.22. The Hall–Kier alpha value is -2.27. The first-order chi connectivity index (χ1) is 11.7. The molecule has 1 amide bonds. The van der Waals surface area contributed by atoms with Crippen molar-refractivity contribution in [3.8, 4) is 6.07 Å². The molecule has 2 aromatic rings. The molecule has 0 heterocycles. The fraction of sp³-hybridized carbons (Fsp3) is 0.125. The number of anilines is 2. The Morgan fingerprint density at radius 3 is 2.32 bits per heavy atom. The predicted octanol–water partition coefficient (Wildman–Crippen LogP) is 3.27. The molecule has 130 valence electrons. The van der Waals surface area contributed by atoms with Crippen LogP contribution in [0.5, 0.6) is 0 Å². The van der Waals surface area contributed by atoms with Crippen LogP contribution in [0.1, 0.15) is 5.56 Å². The van der Waals surface area contributed by atoms with E-state index >= 15 is 0 Å². The predicted molar refractivity (Wildman–Crippen MR) is 98.4 cm³/mol. The molecule has 0 spiro atoms. The van der Waals surface area contributed by atoms with Crippen molar-refractivity contribution >= 4 is 50.5 Å². The molecule has 0 saturated carbocycles. The average Bonchev–Trinajstić information content (AvgIpc) is 2.55. The van der Waals surface area contributed by atoms with Gasteiger partial charge in [0.1, 0.15) is 6.54 Å². The molecular weight excluding hydrogens is 385 g/mol. The van der Waals surface area contributed by atoms with Crippen LogP contribution >= 0.6 is 23.2 Å². The lowest BCUT2D eigenvalue weighted by atomic mass is 10.2. The van der Waals surface area contributed by atoms with Crippen LogP contribution in [0, 0.1) is 11.3 Å². The van der Waals surface area contributed by atoms with E-state index in [0.29, 0.717) is 16.3 Å². The molecular formula is C16H13Cl2N3O3S. The monoisotopic (exact) mass is 397 g/mol. The van der Waals surface area contributed by atoms with Crippen LogP contribution in [0.4, 0.5) is 11.4 Å². The molecule has 0 aliphatic carbocycles. The van der Waals surface area contributed by atoms with Crippen LogP contribution in [0.15, 0.2) is 42.5 Å². The van der Waals surface area contributed by atoms with Crippen molar-refractivity contribution in [2.24, 2.45) is 0 Å². The van der Waals surface area contributed by atoms with Gasteiger partial charge in [0.15, 0.2) is 0 Å². The third-order valence-electron chi connectivity index (χ3n) is 3.18. The van der Waals surface area contributed by atoms with Crippen molar-refractivity contribution in [2.45, 2.75) is 0 Å². The fourth-order valence-corrected chi connectivity index (χ4v) is 3.16. The third-order valence-corrected chi connectivity index (χ3v) is 5.05. The highest BCUT2D eigenvalue weighted by molar-refractivity contribution is 7.92. The maximum absolute atomic E-state index is 12.2. The van der Waals surface area contributed by atoms with Gasteiger partial charge in [-0.25, -0.2) is 8.42 Å². The SMILES string of the molecule is CS(=O)(=O)N(CC(=O)Nc1ccc(Cl)c(Cl)c1)c1ccc(C#N)cc1. The van der Waals surface area contributed by atoms with Crippen LogP contribution in [0.3, 0.4) is 0 Å². The van der Waals surface area contributed by atoms with E-state index in [4.69, 9.17) is 28.5 Å². The number of nitrogens with one attached hydrogen (secondary N) is 1. The Morgan fingerprint density at radius 1 is 1.16 bits per heavy atom. The van der Waals surface area contributed by atoms with Crippen molar-refractivity contribution in [1.82, 2.24) is 0 Å². The van der Waals surface area contributed by atoms with Gasteiger partial charge in [0, 0.05) is 5.69 Å². The van der Waals surface area contributed by atoms with Gasteiger partial charge in [-0.05, 0) is 42.5 Å². The molecule has 0 aromatic heterocycles. The first-order valence-electron chi connectivity index (χ1n) is 6.93. The van der Waals surface area contributed by atoms with Crippen molar-refractivity contribution in [3.63, 3.8) is 0 Å². The Kier molecular flexibility index (Phi) is 5.90. The van der Waals surface area contributed by atoms with E-state index in [-0.39, 0.29) is 10.7 Å². The Balaban J connectivity index is 2.20. The number of benzene rings is 2. The lowest BCUT2D eigenvalue weighted by molar-refractivity contribution is -0.114. The summed E-state index contributed by atoms with van der Waals surface area (Å²) in [6.07, 6.45) is 0.998. The summed E-state index contributed by atoms with van der Waals surface area (Å²) in [5.74, 6) is -0.548. The van der Waals surface area contributed by atoms with Crippen LogP contribution in [-0.2, 0) is 14.8 Å². The number of amides is 1. The minimum absolute atomic E-state index is 0.270. The van der Waals surface area contributed by atoms with E-state index in [0.717, 1.165) is 10.6 Å². The molecule has 0 unspecified atom stereocenters. The standard InChI is InChI=1S/C16H13Cl2N3O3S/c1-25(23,24)21(13-5-2-11(9-19)3-6-13)10-16(22)20-12-4-7-14(17)15(18)8-12/h2-8H,10H2,1H3,(H,20,22). The number of nitrogens with zero attached hydrogens (tertiary/aromatic N) is 2. The molecule has 0 fully saturated rings. The maximum atomic E-state index is 12.2. The summed E-state index contributed by atoms with van der Waals surface area (Å²) in [7, 11) is -3.70. The second-order valence-corrected chi connectivity index (χ2v) is 7.83.